The van der Waals surface area contributed by atoms with Crippen LogP contribution < -0.4 is 0 Å². The van der Waals surface area contributed by atoms with Crippen molar-refractivity contribution in [1.82, 2.24) is 10.2 Å². The fraction of sp³-hybridized carbons (Fsp3) is 0.267. The molecule has 1 aliphatic rings. The Morgan fingerprint density at radius 1 is 1.22 bits per heavy atom. The maximum atomic E-state index is 6.02. The first-order valence-corrected chi connectivity index (χ1v) is 6.69. The number of benzene rings is 1. The summed E-state index contributed by atoms with van der Waals surface area (Å²) in [6.07, 6.45) is 8.86. The third-order valence-electron chi connectivity index (χ3n) is 3.37. The Balaban J connectivity index is 2.01. The number of H-pyrrole nitrogens is 1. The quantitative estimate of drug-likeness (QED) is 0.758. The van der Waals surface area contributed by atoms with Gasteiger partial charge in [-0.2, -0.15) is 5.10 Å². The lowest BCUT2D eigenvalue weighted by molar-refractivity contribution is 0.770. The molecule has 1 aromatic heterocycles. The fourth-order valence-electron chi connectivity index (χ4n) is 2.48. The molecule has 0 unspecified atom stereocenters. The average molecular weight is 259 g/mol. The van der Waals surface area contributed by atoms with E-state index in [4.69, 9.17) is 11.6 Å². The van der Waals surface area contributed by atoms with Crippen molar-refractivity contribution >= 4 is 23.3 Å². The van der Waals surface area contributed by atoms with E-state index in [1.807, 2.05) is 24.4 Å². The van der Waals surface area contributed by atoms with E-state index < -0.39 is 0 Å². The summed E-state index contributed by atoms with van der Waals surface area (Å²) in [6.45, 7) is 0. The number of nitrogens with zero attached hydrogens (tertiary/aromatic N) is 1. The summed E-state index contributed by atoms with van der Waals surface area (Å²) in [5, 5.41) is 8.07. The van der Waals surface area contributed by atoms with Crippen LogP contribution in [0.3, 0.4) is 0 Å². The highest BCUT2D eigenvalue weighted by atomic mass is 35.5. The van der Waals surface area contributed by atoms with Gasteiger partial charge in [0.05, 0.1) is 11.9 Å². The molecule has 1 heterocycles. The monoisotopic (exact) mass is 258 g/mol. The lowest BCUT2D eigenvalue weighted by Gasteiger charge is -2.04. The van der Waals surface area contributed by atoms with E-state index in [2.05, 4.69) is 22.3 Å². The molecular formula is C15H15ClN2. The molecule has 0 atom stereocenters. The summed E-state index contributed by atoms with van der Waals surface area (Å²) < 4.78 is 0. The molecule has 1 aliphatic carbocycles. The first-order chi connectivity index (χ1) is 8.83. The Bertz CT molecular complexity index is 584. The number of fused-ring (bicyclic) bond motifs is 1. The van der Waals surface area contributed by atoms with Crippen molar-refractivity contribution in [3.63, 3.8) is 0 Å². The molecule has 92 valence electrons. The SMILES string of the molecule is Clc1cccc(C=C2CCCCc3cn[nH]c32)c1. The van der Waals surface area contributed by atoms with Crippen LogP contribution in [0.25, 0.3) is 11.6 Å². The minimum Gasteiger partial charge on any atom is -0.278 e. The van der Waals surface area contributed by atoms with Crippen molar-refractivity contribution in [2.24, 2.45) is 0 Å². The third-order valence-corrected chi connectivity index (χ3v) is 3.61. The summed E-state index contributed by atoms with van der Waals surface area (Å²) in [5.74, 6) is 0. The van der Waals surface area contributed by atoms with Crippen LogP contribution in [0.4, 0.5) is 0 Å². The highest BCUT2D eigenvalue weighted by Crippen LogP contribution is 2.29. The number of nitrogens with one attached hydrogen (secondary N) is 1. The van der Waals surface area contributed by atoms with Gasteiger partial charge in [-0.25, -0.2) is 0 Å². The maximum Gasteiger partial charge on any atom is 0.0641 e. The summed E-state index contributed by atoms with van der Waals surface area (Å²) >= 11 is 6.02. The lowest BCUT2D eigenvalue weighted by atomic mass is 10.0. The first kappa shape index (κ1) is 11.5. The van der Waals surface area contributed by atoms with E-state index in [9.17, 15) is 0 Å². The smallest absolute Gasteiger partial charge is 0.0641 e. The number of aromatic amines is 1. The van der Waals surface area contributed by atoms with Crippen LogP contribution in [0.15, 0.2) is 30.5 Å². The molecule has 0 aliphatic heterocycles. The Morgan fingerprint density at radius 3 is 3.00 bits per heavy atom. The van der Waals surface area contributed by atoms with E-state index in [1.54, 1.807) is 0 Å². The minimum absolute atomic E-state index is 0.780. The van der Waals surface area contributed by atoms with Gasteiger partial charge in [0.25, 0.3) is 0 Å². The predicted molar refractivity (Wildman–Crippen MR) is 75.5 cm³/mol. The first-order valence-electron chi connectivity index (χ1n) is 6.32. The van der Waals surface area contributed by atoms with Gasteiger partial charge >= 0.3 is 0 Å². The molecule has 1 N–H and O–H groups in total. The molecule has 0 saturated carbocycles. The molecule has 2 aromatic rings. The molecule has 0 bridgehead atoms. The van der Waals surface area contributed by atoms with Crippen LogP contribution in [0.2, 0.25) is 5.02 Å². The van der Waals surface area contributed by atoms with Gasteiger partial charge in [-0.1, -0.05) is 23.7 Å². The largest absolute Gasteiger partial charge is 0.278 e. The van der Waals surface area contributed by atoms with E-state index in [0.717, 1.165) is 23.4 Å². The maximum absolute atomic E-state index is 6.02. The third kappa shape index (κ3) is 2.34. The summed E-state index contributed by atoms with van der Waals surface area (Å²) in [7, 11) is 0. The lowest BCUT2D eigenvalue weighted by Crippen LogP contribution is -1.87. The zero-order valence-corrected chi connectivity index (χ0v) is 10.9. The number of rotatable bonds is 1. The van der Waals surface area contributed by atoms with Gasteiger partial charge in [0.1, 0.15) is 0 Å². The molecule has 0 radical (unpaired) electrons. The van der Waals surface area contributed by atoms with Gasteiger partial charge in [-0.3, -0.25) is 5.10 Å². The van der Waals surface area contributed by atoms with E-state index in [0.29, 0.717) is 0 Å². The molecule has 3 heteroatoms. The fourth-order valence-corrected chi connectivity index (χ4v) is 2.68. The van der Waals surface area contributed by atoms with E-state index in [-0.39, 0.29) is 0 Å². The van der Waals surface area contributed by atoms with Gasteiger partial charge in [0, 0.05) is 5.02 Å². The zero-order chi connectivity index (χ0) is 12.4. The number of halogens is 1. The van der Waals surface area contributed by atoms with Crippen LogP contribution >= 0.6 is 11.6 Å². The van der Waals surface area contributed by atoms with Gasteiger partial charge < -0.3 is 0 Å². The van der Waals surface area contributed by atoms with Crippen LogP contribution in [0, 0.1) is 0 Å². The normalized spacial score (nSPS) is 17.5. The van der Waals surface area contributed by atoms with Gasteiger partial charge in [0.2, 0.25) is 0 Å². The molecule has 1 aromatic carbocycles. The number of aryl methyl sites for hydroxylation is 1. The highest BCUT2D eigenvalue weighted by Gasteiger charge is 2.14. The van der Waals surface area contributed by atoms with E-state index >= 15 is 0 Å². The molecule has 18 heavy (non-hydrogen) atoms. The second kappa shape index (κ2) is 4.99. The second-order valence-corrected chi connectivity index (χ2v) is 5.14. The van der Waals surface area contributed by atoms with Crippen molar-refractivity contribution in [3.8, 4) is 0 Å². The molecule has 3 rings (SSSR count). The Morgan fingerprint density at radius 2 is 2.11 bits per heavy atom. The number of aromatic nitrogens is 2. The molecular weight excluding hydrogens is 244 g/mol. The van der Waals surface area contributed by atoms with Crippen molar-refractivity contribution in [2.75, 3.05) is 0 Å². The van der Waals surface area contributed by atoms with Gasteiger partial charge in [-0.15, -0.1) is 0 Å². The van der Waals surface area contributed by atoms with Crippen LogP contribution in [0.1, 0.15) is 36.1 Å². The van der Waals surface area contributed by atoms with Crippen molar-refractivity contribution in [3.05, 3.63) is 52.3 Å². The number of allylic oxidation sites excluding steroid dienone is 1. The average Bonchev–Trinajstić information content (AvgIpc) is 2.74. The molecule has 0 saturated heterocycles. The summed E-state index contributed by atoms with van der Waals surface area (Å²) in [6, 6.07) is 7.97. The Hall–Kier alpha value is -1.54. The summed E-state index contributed by atoms with van der Waals surface area (Å²) in [5.41, 5.74) is 5.02. The van der Waals surface area contributed by atoms with E-state index in [1.165, 1.54) is 29.7 Å². The van der Waals surface area contributed by atoms with Crippen molar-refractivity contribution in [2.45, 2.75) is 25.7 Å². The van der Waals surface area contributed by atoms with Crippen molar-refractivity contribution in [1.29, 1.82) is 0 Å². The van der Waals surface area contributed by atoms with Crippen molar-refractivity contribution < 1.29 is 0 Å². The van der Waals surface area contributed by atoms with Crippen LogP contribution in [0.5, 0.6) is 0 Å². The predicted octanol–water partition coefficient (Wildman–Crippen LogP) is 4.33. The molecule has 0 fully saturated rings. The zero-order valence-electron chi connectivity index (χ0n) is 10.1. The van der Waals surface area contributed by atoms with Crippen LogP contribution in [-0.4, -0.2) is 10.2 Å². The topological polar surface area (TPSA) is 28.7 Å². The van der Waals surface area contributed by atoms with Gasteiger partial charge in [0.15, 0.2) is 0 Å². The molecule has 0 amide bonds. The number of hydrogen-bond acceptors (Lipinski definition) is 1. The highest BCUT2D eigenvalue weighted by molar-refractivity contribution is 6.30. The molecule has 0 spiro atoms. The van der Waals surface area contributed by atoms with Gasteiger partial charge in [-0.05, 0) is 60.6 Å². The second-order valence-electron chi connectivity index (χ2n) is 4.70. The molecule has 2 nitrogen and oxygen atoms in total. The van der Waals surface area contributed by atoms with Crippen LogP contribution in [-0.2, 0) is 6.42 Å². The Kier molecular flexibility index (Phi) is 3.20. The standard InChI is InChI=1S/C15H15ClN2/c16-14-7-3-4-11(9-14)8-12-5-1-2-6-13-10-17-18-15(12)13/h3-4,7-10H,1-2,5-6H2,(H,17,18). The number of hydrogen-bond donors (Lipinski definition) is 1. The minimum atomic E-state index is 0.780. The summed E-state index contributed by atoms with van der Waals surface area (Å²) in [4.78, 5) is 0. The Labute approximate surface area is 112 Å².